The summed E-state index contributed by atoms with van der Waals surface area (Å²) >= 11 is 5.90. The number of hydrogen-bond donors (Lipinski definition) is 1. The van der Waals surface area contributed by atoms with E-state index in [4.69, 9.17) is 11.6 Å². The third-order valence-corrected chi connectivity index (χ3v) is 5.54. The van der Waals surface area contributed by atoms with Crippen molar-refractivity contribution in [2.45, 2.75) is 38.1 Å². The first-order valence-corrected chi connectivity index (χ1v) is 10.2. The first-order valence-electron chi connectivity index (χ1n) is 9.79. The van der Waals surface area contributed by atoms with Gasteiger partial charge >= 0.3 is 6.36 Å². The SMILES string of the molecule is OC(CN1CCCC(CCc2ccc(OC(F)(F)F)cc2)C1)c1ccc(Cl)cc1. The van der Waals surface area contributed by atoms with Crippen LogP contribution in [0.3, 0.4) is 0 Å². The monoisotopic (exact) mass is 427 g/mol. The van der Waals surface area contributed by atoms with Gasteiger partial charge < -0.3 is 14.7 Å². The Hall–Kier alpha value is -1.76. The second-order valence-electron chi connectivity index (χ2n) is 7.57. The third-order valence-electron chi connectivity index (χ3n) is 5.29. The number of aliphatic hydroxyl groups excluding tert-OH is 1. The molecule has 158 valence electrons. The van der Waals surface area contributed by atoms with E-state index in [1.54, 1.807) is 24.3 Å². The number of aliphatic hydroxyl groups is 1. The van der Waals surface area contributed by atoms with E-state index in [9.17, 15) is 18.3 Å². The van der Waals surface area contributed by atoms with Crippen molar-refractivity contribution >= 4 is 11.6 Å². The van der Waals surface area contributed by atoms with Crippen molar-refractivity contribution in [1.29, 1.82) is 0 Å². The Morgan fingerprint density at radius 2 is 1.79 bits per heavy atom. The minimum Gasteiger partial charge on any atom is -0.406 e. The quantitative estimate of drug-likeness (QED) is 0.622. The van der Waals surface area contributed by atoms with E-state index in [-0.39, 0.29) is 5.75 Å². The van der Waals surface area contributed by atoms with Crippen molar-refractivity contribution in [1.82, 2.24) is 4.90 Å². The van der Waals surface area contributed by atoms with Crippen LogP contribution in [0.2, 0.25) is 5.02 Å². The average molecular weight is 428 g/mol. The number of alkyl halides is 3. The molecule has 1 fully saturated rings. The van der Waals surface area contributed by atoms with Gasteiger partial charge in [0.25, 0.3) is 0 Å². The lowest BCUT2D eigenvalue weighted by molar-refractivity contribution is -0.274. The van der Waals surface area contributed by atoms with Crippen molar-refractivity contribution in [2.24, 2.45) is 5.92 Å². The minimum absolute atomic E-state index is 0.193. The van der Waals surface area contributed by atoms with Gasteiger partial charge in [-0.2, -0.15) is 0 Å². The molecule has 2 unspecified atom stereocenters. The molecule has 0 aliphatic carbocycles. The summed E-state index contributed by atoms with van der Waals surface area (Å²) in [5.41, 5.74) is 1.86. The highest BCUT2D eigenvalue weighted by atomic mass is 35.5. The van der Waals surface area contributed by atoms with Gasteiger partial charge in [0, 0.05) is 18.1 Å². The van der Waals surface area contributed by atoms with Crippen LogP contribution in [-0.2, 0) is 6.42 Å². The highest BCUT2D eigenvalue weighted by Gasteiger charge is 2.31. The van der Waals surface area contributed by atoms with Crippen LogP contribution in [0.1, 0.15) is 36.5 Å². The summed E-state index contributed by atoms with van der Waals surface area (Å²) in [6.45, 7) is 2.46. The lowest BCUT2D eigenvalue weighted by Crippen LogP contribution is -2.38. The van der Waals surface area contributed by atoms with Crippen LogP contribution in [0.25, 0.3) is 0 Å². The van der Waals surface area contributed by atoms with Gasteiger partial charge in [-0.1, -0.05) is 35.9 Å². The predicted octanol–water partition coefficient (Wildman–Crippen LogP) is 5.62. The van der Waals surface area contributed by atoms with Crippen molar-refractivity contribution in [3.8, 4) is 5.75 Å². The maximum atomic E-state index is 12.2. The summed E-state index contributed by atoms with van der Waals surface area (Å²) in [5.74, 6) is 0.313. The highest BCUT2D eigenvalue weighted by Crippen LogP contribution is 2.26. The van der Waals surface area contributed by atoms with Gasteiger partial charge in [-0.05, 0) is 73.5 Å². The fraction of sp³-hybridized carbons (Fsp3) is 0.455. The number of halogens is 4. The van der Waals surface area contributed by atoms with E-state index in [1.165, 1.54) is 12.1 Å². The first kappa shape index (κ1) is 21.9. The molecular formula is C22H25ClF3NO2. The summed E-state index contributed by atoms with van der Waals surface area (Å²) < 4.78 is 40.6. The molecule has 0 saturated carbocycles. The summed E-state index contributed by atoms with van der Waals surface area (Å²) in [6, 6.07) is 13.4. The fourth-order valence-electron chi connectivity index (χ4n) is 3.82. The molecule has 1 aliphatic rings. The van der Waals surface area contributed by atoms with E-state index in [1.807, 2.05) is 12.1 Å². The Kier molecular flexibility index (Phi) is 7.44. The lowest BCUT2D eigenvalue weighted by atomic mass is 9.91. The van der Waals surface area contributed by atoms with Crippen LogP contribution in [-0.4, -0.2) is 36.0 Å². The van der Waals surface area contributed by atoms with Crippen LogP contribution in [0.5, 0.6) is 5.75 Å². The molecule has 0 amide bonds. The van der Waals surface area contributed by atoms with E-state index in [0.717, 1.165) is 49.9 Å². The zero-order valence-corrected chi connectivity index (χ0v) is 16.8. The number of nitrogens with zero attached hydrogens (tertiary/aromatic N) is 1. The van der Waals surface area contributed by atoms with Crippen LogP contribution in [0, 0.1) is 5.92 Å². The second-order valence-corrected chi connectivity index (χ2v) is 8.00. The highest BCUT2D eigenvalue weighted by molar-refractivity contribution is 6.30. The molecule has 1 heterocycles. The number of piperidine rings is 1. The van der Waals surface area contributed by atoms with Gasteiger partial charge in [-0.25, -0.2) is 0 Å². The summed E-state index contributed by atoms with van der Waals surface area (Å²) in [7, 11) is 0. The van der Waals surface area contributed by atoms with Gasteiger partial charge in [-0.15, -0.1) is 13.2 Å². The average Bonchev–Trinajstić information content (AvgIpc) is 2.67. The van der Waals surface area contributed by atoms with Gasteiger partial charge in [0.15, 0.2) is 0 Å². The van der Waals surface area contributed by atoms with Crippen LogP contribution >= 0.6 is 11.6 Å². The van der Waals surface area contributed by atoms with Gasteiger partial charge in [0.2, 0.25) is 0 Å². The molecular weight excluding hydrogens is 403 g/mol. The van der Waals surface area contributed by atoms with Crippen LogP contribution in [0.4, 0.5) is 13.2 Å². The Labute approximate surface area is 174 Å². The maximum Gasteiger partial charge on any atom is 0.573 e. The number of benzene rings is 2. The Morgan fingerprint density at radius 1 is 1.10 bits per heavy atom. The van der Waals surface area contributed by atoms with E-state index in [0.29, 0.717) is 17.5 Å². The van der Waals surface area contributed by atoms with Crippen LogP contribution < -0.4 is 4.74 Å². The molecule has 2 atom stereocenters. The van der Waals surface area contributed by atoms with Crippen LogP contribution in [0.15, 0.2) is 48.5 Å². The zero-order valence-electron chi connectivity index (χ0n) is 16.0. The molecule has 3 nitrogen and oxygen atoms in total. The van der Waals surface area contributed by atoms with Crippen molar-refractivity contribution in [3.05, 3.63) is 64.7 Å². The number of β-amino-alcohol motifs (C(OH)–C–C–N with tert-alkyl or cyclic N) is 1. The normalized spacial score (nSPS) is 19.1. The molecule has 2 aromatic rings. The second kappa shape index (κ2) is 9.83. The minimum atomic E-state index is -4.66. The molecule has 7 heteroatoms. The smallest absolute Gasteiger partial charge is 0.406 e. The molecule has 1 aliphatic heterocycles. The largest absolute Gasteiger partial charge is 0.573 e. The number of aryl methyl sites for hydroxylation is 1. The topological polar surface area (TPSA) is 32.7 Å². The third kappa shape index (κ3) is 7.21. The molecule has 0 aromatic heterocycles. The fourth-order valence-corrected chi connectivity index (χ4v) is 3.94. The zero-order chi connectivity index (χ0) is 20.9. The van der Waals surface area contributed by atoms with Crippen molar-refractivity contribution in [3.63, 3.8) is 0 Å². The van der Waals surface area contributed by atoms with Gasteiger partial charge in [0.05, 0.1) is 6.10 Å². The molecule has 0 bridgehead atoms. The molecule has 3 rings (SSSR count). The number of rotatable bonds is 7. The number of hydrogen-bond acceptors (Lipinski definition) is 3. The molecule has 0 radical (unpaired) electrons. The van der Waals surface area contributed by atoms with Crippen molar-refractivity contribution in [2.75, 3.05) is 19.6 Å². The predicted molar refractivity (Wildman–Crippen MR) is 107 cm³/mol. The summed E-state index contributed by atoms with van der Waals surface area (Å²) in [6.07, 6.45) is -1.23. The summed E-state index contributed by atoms with van der Waals surface area (Å²) in [5, 5.41) is 11.1. The molecule has 2 aromatic carbocycles. The van der Waals surface area contributed by atoms with Gasteiger partial charge in [-0.3, -0.25) is 0 Å². The Bertz CT molecular complexity index is 765. The standard InChI is InChI=1S/C22H25ClF3NO2/c23-19-9-7-18(8-10-19)21(28)15-27-13-1-2-17(14-27)4-3-16-5-11-20(12-6-16)29-22(24,25)26/h5-12,17,21,28H,1-4,13-15H2. The van der Waals surface area contributed by atoms with Crippen molar-refractivity contribution < 1.29 is 23.0 Å². The number of likely N-dealkylation sites (tertiary alicyclic amines) is 1. The maximum absolute atomic E-state index is 12.2. The summed E-state index contributed by atoms with van der Waals surface area (Å²) in [4.78, 5) is 2.29. The van der Waals surface area contributed by atoms with E-state index >= 15 is 0 Å². The molecule has 29 heavy (non-hydrogen) atoms. The van der Waals surface area contributed by atoms with E-state index in [2.05, 4.69) is 9.64 Å². The Morgan fingerprint density at radius 3 is 2.45 bits per heavy atom. The molecule has 0 spiro atoms. The Balaban J connectivity index is 1.46. The lowest BCUT2D eigenvalue weighted by Gasteiger charge is -2.34. The van der Waals surface area contributed by atoms with Gasteiger partial charge in [0.1, 0.15) is 5.75 Å². The first-order chi connectivity index (χ1) is 13.8. The number of ether oxygens (including phenoxy) is 1. The molecule has 1 saturated heterocycles. The molecule has 1 N–H and O–H groups in total. The van der Waals surface area contributed by atoms with E-state index < -0.39 is 12.5 Å².